The Hall–Kier alpha value is -0.540. The minimum Gasteiger partial charge on any atom is -0.358 e. The highest BCUT2D eigenvalue weighted by Gasteiger charge is 2.30. The van der Waals surface area contributed by atoms with Gasteiger partial charge in [0.05, 0.1) is 0 Å². The molecule has 3 heteroatoms. The van der Waals surface area contributed by atoms with E-state index in [-0.39, 0.29) is 0 Å². The van der Waals surface area contributed by atoms with E-state index in [9.17, 15) is 0 Å². The molecule has 0 aromatic heterocycles. The Morgan fingerprint density at radius 3 is 1.82 bits per heavy atom. The van der Waals surface area contributed by atoms with Crippen LogP contribution in [0.1, 0.15) is 82.6 Å². The van der Waals surface area contributed by atoms with Gasteiger partial charge in [0.1, 0.15) is 4.32 Å². The molecule has 0 aliphatic carbocycles. The van der Waals surface area contributed by atoms with E-state index in [0.717, 1.165) is 23.2 Å². The third kappa shape index (κ3) is 14.5. The average molecular weight is 426 g/mol. The molecule has 0 spiro atoms. The predicted octanol–water partition coefficient (Wildman–Crippen LogP) is 8.53. The molecule has 0 aliphatic heterocycles. The molecule has 0 amide bonds. The second kappa shape index (κ2) is 15.3. The quantitative estimate of drug-likeness (QED) is 0.297. The molecule has 0 aromatic carbocycles. The highest BCUT2D eigenvalue weighted by atomic mass is 32.2. The van der Waals surface area contributed by atoms with Gasteiger partial charge in [-0.15, -0.1) is 0 Å². The van der Waals surface area contributed by atoms with Gasteiger partial charge in [-0.05, 0) is 62.2 Å². The summed E-state index contributed by atoms with van der Waals surface area (Å²) in [5.41, 5.74) is 2.09. The molecule has 1 unspecified atom stereocenters. The lowest BCUT2D eigenvalue weighted by Gasteiger charge is -2.36. The molecule has 0 rings (SSSR count). The number of allylic oxidation sites excluding steroid dienone is 6. The number of thioether (sulfide) groups is 1. The summed E-state index contributed by atoms with van der Waals surface area (Å²) in [6.45, 7) is 26.6. The molecule has 164 valence electrons. The van der Waals surface area contributed by atoms with Crippen LogP contribution in [-0.2, 0) is 0 Å². The van der Waals surface area contributed by atoms with Gasteiger partial charge in [0, 0.05) is 13.1 Å². The van der Waals surface area contributed by atoms with Gasteiger partial charge in [0.2, 0.25) is 0 Å². The first-order chi connectivity index (χ1) is 12.9. The summed E-state index contributed by atoms with van der Waals surface area (Å²) in [6.07, 6.45) is 12.1. The smallest absolute Gasteiger partial charge is 0.136 e. The molecule has 0 heterocycles. The van der Waals surface area contributed by atoms with Crippen LogP contribution in [0.3, 0.4) is 0 Å². The third-order valence-electron chi connectivity index (χ3n) is 4.39. The lowest BCUT2D eigenvalue weighted by molar-refractivity contribution is 0.199. The van der Waals surface area contributed by atoms with E-state index in [1.165, 1.54) is 12.0 Å². The molecule has 0 bridgehead atoms. The van der Waals surface area contributed by atoms with Gasteiger partial charge in [-0.3, -0.25) is 0 Å². The third-order valence-corrected chi connectivity index (χ3v) is 5.80. The summed E-state index contributed by atoms with van der Waals surface area (Å²) in [4.78, 5) is 2.20. The maximum absolute atomic E-state index is 5.16. The number of thiocarbonyl (C=S) groups is 1. The molecular formula is C25H47NS2. The van der Waals surface area contributed by atoms with Crippen LogP contribution in [0.4, 0.5) is 0 Å². The number of hydrogen-bond donors (Lipinski definition) is 0. The largest absolute Gasteiger partial charge is 0.358 e. The number of hydrogen-bond acceptors (Lipinski definition) is 2. The second-order valence-corrected chi connectivity index (χ2v) is 11.1. The van der Waals surface area contributed by atoms with E-state index < -0.39 is 0 Å². The van der Waals surface area contributed by atoms with Crippen LogP contribution in [0.5, 0.6) is 0 Å². The Labute approximate surface area is 187 Å². The zero-order valence-corrected chi connectivity index (χ0v) is 22.2. The van der Waals surface area contributed by atoms with Crippen molar-refractivity contribution in [2.75, 3.05) is 18.8 Å². The van der Waals surface area contributed by atoms with Crippen LogP contribution in [0, 0.1) is 16.7 Å². The normalized spacial score (nSPS) is 14.2. The first-order valence-electron chi connectivity index (χ1n) is 10.7. The first kappa shape index (κ1) is 29.7. The summed E-state index contributed by atoms with van der Waals surface area (Å²) in [6, 6.07) is 0. The summed E-state index contributed by atoms with van der Waals surface area (Å²) in [5.74, 6) is 1.67. The zero-order chi connectivity index (χ0) is 22.4. The van der Waals surface area contributed by atoms with Crippen LogP contribution < -0.4 is 0 Å². The van der Waals surface area contributed by atoms with Gasteiger partial charge in [-0.25, -0.2) is 0 Å². The van der Waals surface area contributed by atoms with Crippen LogP contribution in [0.2, 0.25) is 0 Å². The van der Waals surface area contributed by atoms with Gasteiger partial charge in [-0.2, -0.15) is 0 Å². The van der Waals surface area contributed by atoms with E-state index >= 15 is 0 Å². The summed E-state index contributed by atoms with van der Waals surface area (Å²) < 4.78 is 1.03. The van der Waals surface area contributed by atoms with E-state index in [0.29, 0.717) is 16.7 Å². The van der Waals surface area contributed by atoms with Gasteiger partial charge >= 0.3 is 0 Å². The molecule has 0 aliphatic rings. The van der Waals surface area contributed by atoms with Crippen LogP contribution in [0.15, 0.2) is 36.0 Å². The number of rotatable bonds is 7. The molecule has 0 radical (unpaired) electrons. The zero-order valence-electron chi connectivity index (χ0n) is 20.6. The molecule has 0 saturated carbocycles. The van der Waals surface area contributed by atoms with Gasteiger partial charge in [0.25, 0.3) is 0 Å². The maximum Gasteiger partial charge on any atom is 0.136 e. The fraction of sp³-hybridized carbons (Fsp3) is 0.720. The Balaban J connectivity index is 0. The van der Waals surface area contributed by atoms with Crippen molar-refractivity contribution < 1.29 is 0 Å². The fourth-order valence-electron chi connectivity index (χ4n) is 2.92. The molecule has 1 nitrogen and oxygen atoms in total. The SMILES string of the molecule is CCSC(=S)N(CC)CC.C\C=C/C=C(\C=C/C)C(CC(C)(C)C)C(C)(C)C. The first-order valence-corrected chi connectivity index (χ1v) is 12.1. The molecule has 28 heavy (non-hydrogen) atoms. The van der Waals surface area contributed by atoms with Crippen LogP contribution >= 0.6 is 24.0 Å². The van der Waals surface area contributed by atoms with Crippen molar-refractivity contribution in [2.24, 2.45) is 16.7 Å². The Morgan fingerprint density at radius 2 is 1.50 bits per heavy atom. The lowest BCUT2D eigenvalue weighted by atomic mass is 9.68. The maximum atomic E-state index is 5.16. The van der Waals surface area contributed by atoms with E-state index in [2.05, 4.69) is 111 Å². The van der Waals surface area contributed by atoms with Crippen LogP contribution in [0.25, 0.3) is 0 Å². The van der Waals surface area contributed by atoms with Gasteiger partial charge in [-0.1, -0.05) is 103 Å². The molecule has 1 atom stereocenters. The predicted molar refractivity (Wildman–Crippen MR) is 138 cm³/mol. The van der Waals surface area contributed by atoms with E-state index in [1.807, 2.05) is 0 Å². The standard InChI is InChI=1S/C18H32.C7H15NS2/c1-9-11-13-15(12-10-2)16(18(6,7)8)14-17(3,4)5;1-4-8(5-2)7(9)10-6-3/h9-13,16H,14H2,1-8H3;4-6H2,1-3H3/b11-9-,12-10-,15-13+;. The topological polar surface area (TPSA) is 3.24 Å². The highest BCUT2D eigenvalue weighted by Crippen LogP contribution is 2.40. The molecule has 0 fully saturated rings. The van der Waals surface area contributed by atoms with E-state index in [1.54, 1.807) is 11.8 Å². The Kier molecular flexibility index (Phi) is 16.2. The van der Waals surface area contributed by atoms with Crippen LogP contribution in [-0.4, -0.2) is 28.1 Å². The van der Waals surface area contributed by atoms with Crippen molar-refractivity contribution in [3.8, 4) is 0 Å². The highest BCUT2D eigenvalue weighted by molar-refractivity contribution is 8.22. The fourth-order valence-corrected chi connectivity index (χ4v) is 4.22. The van der Waals surface area contributed by atoms with E-state index in [4.69, 9.17) is 12.2 Å². The molecule has 0 aromatic rings. The molecule has 0 saturated heterocycles. The van der Waals surface area contributed by atoms with Crippen molar-refractivity contribution in [2.45, 2.75) is 82.6 Å². The monoisotopic (exact) mass is 425 g/mol. The summed E-state index contributed by atoms with van der Waals surface area (Å²) in [7, 11) is 0. The van der Waals surface area contributed by atoms with Crippen molar-refractivity contribution in [3.05, 3.63) is 36.0 Å². The summed E-state index contributed by atoms with van der Waals surface area (Å²) in [5, 5.41) is 0. The molecular weight excluding hydrogens is 378 g/mol. The van der Waals surface area contributed by atoms with Crippen molar-refractivity contribution >= 4 is 28.3 Å². The van der Waals surface area contributed by atoms with Crippen molar-refractivity contribution in [3.63, 3.8) is 0 Å². The average Bonchev–Trinajstić information content (AvgIpc) is 2.57. The molecule has 0 N–H and O–H groups in total. The minimum absolute atomic E-state index is 0.292. The summed E-state index contributed by atoms with van der Waals surface area (Å²) >= 11 is 6.91. The van der Waals surface area contributed by atoms with Crippen molar-refractivity contribution in [1.29, 1.82) is 0 Å². The second-order valence-electron chi connectivity index (χ2n) is 9.25. The lowest BCUT2D eigenvalue weighted by Crippen LogP contribution is -2.26. The Bertz CT molecular complexity index is 498. The van der Waals surface area contributed by atoms with Gasteiger partial charge in [0.15, 0.2) is 0 Å². The number of nitrogens with zero attached hydrogens (tertiary/aromatic N) is 1. The minimum atomic E-state index is 0.292. The Morgan fingerprint density at radius 1 is 0.964 bits per heavy atom. The van der Waals surface area contributed by atoms with Gasteiger partial charge < -0.3 is 4.90 Å². The van der Waals surface area contributed by atoms with Crippen molar-refractivity contribution in [1.82, 2.24) is 4.90 Å².